The summed E-state index contributed by atoms with van der Waals surface area (Å²) in [5.41, 5.74) is 0.891. The molecule has 0 atom stereocenters. The number of pyridine rings is 1. The lowest BCUT2D eigenvalue weighted by Crippen LogP contribution is -1.81. The van der Waals surface area contributed by atoms with Gasteiger partial charge in [-0.05, 0) is 56.1 Å². The lowest BCUT2D eigenvalue weighted by Gasteiger charge is -2.01. The Balaban J connectivity index is 2.87. The van der Waals surface area contributed by atoms with Gasteiger partial charge in [0.15, 0.2) is 0 Å². The first-order valence-corrected chi connectivity index (χ1v) is 5.55. The van der Waals surface area contributed by atoms with Crippen LogP contribution in [0.3, 0.4) is 0 Å². The van der Waals surface area contributed by atoms with Gasteiger partial charge in [-0.1, -0.05) is 11.6 Å². The third-order valence-electron chi connectivity index (χ3n) is 1.72. The molecular weight excluding hydrogens is 317 g/mol. The van der Waals surface area contributed by atoms with Gasteiger partial charge in [0.1, 0.15) is 5.15 Å². The lowest BCUT2D eigenvalue weighted by molar-refractivity contribution is 1.40. The van der Waals surface area contributed by atoms with Crippen LogP contribution in [0.15, 0.2) is 33.2 Å². The average Bonchev–Trinajstić information content (AvgIpc) is 2.12. The predicted molar refractivity (Wildman–Crippen MR) is 62.2 cm³/mol. The molecule has 0 fully saturated rings. The summed E-state index contributed by atoms with van der Waals surface area (Å²) in [4.78, 5) is 4.19. The van der Waals surface area contributed by atoms with Crippen LogP contribution < -0.4 is 0 Å². The quantitative estimate of drug-likeness (QED) is 0.655. The molecule has 0 radical (unpaired) electrons. The van der Waals surface area contributed by atoms with Crippen molar-refractivity contribution in [2.75, 3.05) is 0 Å². The van der Waals surface area contributed by atoms with E-state index in [1.807, 2.05) is 18.2 Å². The minimum Gasteiger partial charge on any atom is -0.236 e. The number of hydrogen-bond acceptors (Lipinski definition) is 1. The molecule has 0 saturated carbocycles. The molecule has 0 aliphatic heterocycles. The van der Waals surface area contributed by atoms with Crippen LogP contribution in [0.5, 0.6) is 0 Å². The molecule has 0 bridgehead atoms. The summed E-state index contributed by atoms with van der Waals surface area (Å²) in [7, 11) is 0. The first-order chi connectivity index (χ1) is 6.18. The summed E-state index contributed by atoms with van der Waals surface area (Å²) in [5, 5.41) is 1.57. The Morgan fingerprint density at radius 1 is 1.08 bits per heavy atom. The van der Waals surface area contributed by atoms with Crippen molar-refractivity contribution in [2.45, 2.75) is 0 Å². The molecule has 0 spiro atoms. The van der Waals surface area contributed by atoms with E-state index >= 15 is 0 Å². The maximum atomic E-state index is 5.77. The Kier molecular flexibility index (Phi) is 2.58. The van der Waals surface area contributed by atoms with E-state index in [1.54, 1.807) is 6.07 Å². The van der Waals surface area contributed by atoms with Gasteiger partial charge in [0.25, 0.3) is 0 Å². The standard InChI is InChI=1S/C9H4Br2ClN/c10-6-2-3-7-5(9(6)11)1-4-8(12)13-7/h1-4H. The number of aromatic nitrogens is 1. The fourth-order valence-corrected chi connectivity index (χ4v) is 2.08. The molecule has 13 heavy (non-hydrogen) atoms. The molecule has 0 amide bonds. The van der Waals surface area contributed by atoms with Crippen molar-refractivity contribution in [3.63, 3.8) is 0 Å². The average molecular weight is 321 g/mol. The van der Waals surface area contributed by atoms with Crippen LogP contribution in [0.1, 0.15) is 0 Å². The van der Waals surface area contributed by atoms with E-state index < -0.39 is 0 Å². The summed E-state index contributed by atoms with van der Waals surface area (Å²) in [6.45, 7) is 0. The molecular formula is C9H4Br2ClN. The lowest BCUT2D eigenvalue weighted by atomic mass is 10.2. The van der Waals surface area contributed by atoms with Gasteiger partial charge in [0.2, 0.25) is 0 Å². The summed E-state index contributed by atoms with van der Waals surface area (Å²) in [5.74, 6) is 0. The Morgan fingerprint density at radius 2 is 1.85 bits per heavy atom. The summed E-state index contributed by atoms with van der Waals surface area (Å²) >= 11 is 12.7. The second-order valence-corrected chi connectivity index (χ2v) is 4.60. The fourth-order valence-electron chi connectivity index (χ4n) is 1.12. The number of halogens is 3. The Labute approximate surface area is 97.4 Å². The maximum absolute atomic E-state index is 5.77. The van der Waals surface area contributed by atoms with Crippen LogP contribution in [0.25, 0.3) is 10.9 Å². The Morgan fingerprint density at radius 3 is 2.62 bits per heavy atom. The van der Waals surface area contributed by atoms with Gasteiger partial charge in [-0.15, -0.1) is 0 Å². The largest absolute Gasteiger partial charge is 0.236 e. The summed E-state index contributed by atoms with van der Waals surface area (Å²) in [6, 6.07) is 7.59. The highest BCUT2D eigenvalue weighted by atomic mass is 79.9. The van der Waals surface area contributed by atoms with E-state index in [0.717, 1.165) is 19.8 Å². The number of benzene rings is 1. The van der Waals surface area contributed by atoms with Crippen molar-refractivity contribution >= 4 is 54.4 Å². The molecule has 0 unspecified atom stereocenters. The molecule has 4 heteroatoms. The molecule has 0 aliphatic carbocycles. The topological polar surface area (TPSA) is 12.9 Å². The molecule has 1 heterocycles. The third kappa shape index (κ3) is 1.73. The number of nitrogens with zero attached hydrogens (tertiary/aromatic N) is 1. The van der Waals surface area contributed by atoms with E-state index in [9.17, 15) is 0 Å². The molecule has 66 valence electrons. The second-order valence-electron chi connectivity index (χ2n) is 2.56. The van der Waals surface area contributed by atoms with Gasteiger partial charge in [0.05, 0.1) is 5.52 Å². The zero-order chi connectivity index (χ0) is 9.42. The van der Waals surface area contributed by atoms with Gasteiger partial charge in [-0.25, -0.2) is 4.98 Å². The molecule has 2 aromatic rings. The fraction of sp³-hybridized carbons (Fsp3) is 0. The van der Waals surface area contributed by atoms with E-state index in [1.165, 1.54) is 0 Å². The molecule has 0 saturated heterocycles. The van der Waals surface area contributed by atoms with Crippen LogP contribution in [-0.4, -0.2) is 4.98 Å². The summed E-state index contributed by atoms with van der Waals surface area (Å²) in [6.07, 6.45) is 0. The first kappa shape index (κ1) is 9.44. The van der Waals surface area contributed by atoms with E-state index in [-0.39, 0.29) is 0 Å². The molecule has 0 N–H and O–H groups in total. The zero-order valence-corrected chi connectivity index (χ0v) is 10.3. The van der Waals surface area contributed by atoms with Crippen LogP contribution in [0.4, 0.5) is 0 Å². The molecule has 2 rings (SSSR count). The number of rotatable bonds is 0. The zero-order valence-electron chi connectivity index (χ0n) is 6.39. The molecule has 1 nitrogen and oxygen atoms in total. The minimum absolute atomic E-state index is 0.515. The molecule has 0 aliphatic rings. The van der Waals surface area contributed by atoms with Gasteiger partial charge in [0, 0.05) is 14.3 Å². The van der Waals surface area contributed by atoms with Crippen molar-refractivity contribution in [2.24, 2.45) is 0 Å². The van der Waals surface area contributed by atoms with E-state index in [2.05, 4.69) is 36.8 Å². The van der Waals surface area contributed by atoms with Crippen LogP contribution in [-0.2, 0) is 0 Å². The summed E-state index contributed by atoms with van der Waals surface area (Å²) < 4.78 is 2.03. The van der Waals surface area contributed by atoms with Crippen LogP contribution in [0.2, 0.25) is 5.15 Å². The maximum Gasteiger partial charge on any atom is 0.129 e. The number of hydrogen-bond donors (Lipinski definition) is 0. The highest BCUT2D eigenvalue weighted by molar-refractivity contribution is 9.13. The highest BCUT2D eigenvalue weighted by Crippen LogP contribution is 2.30. The highest BCUT2D eigenvalue weighted by Gasteiger charge is 2.03. The van der Waals surface area contributed by atoms with Crippen molar-refractivity contribution in [1.29, 1.82) is 0 Å². The van der Waals surface area contributed by atoms with Crippen LogP contribution >= 0.6 is 43.5 Å². The first-order valence-electron chi connectivity index (χ1n) is 3.59. The second kappa shape index (κ2) is 3.56. The Bertz CT molecular complexity index is 470. The van der Waals surface area contributed by atoms with Crippen molar-refractivity contribution in [3.05, 3.63) is 38.4 Å². The van der Waals surface area contributed by atoms with Gasteiger partial charge in [-0.2, -0.15) is 0 Å². The van der Waals surface area contributed by atoms with Gasteiger partial charge >= 0.3 is 0 Å². The van der Waals surface area contributed by atoms with Crippen LogP contribution in [0, 0.1) is 0 Å². The van der Waals surface area contributed by atoms with Gasteiger partial charge in [-0.3, -0.25) is 0 Å². The smallest absolute Gasteiger partial charge is 0.129 e. The number of fused-ring (bicyclic) bond motifs is 1. The van der Waals surface area contributed by atoms with Crippen molar-refractivity contribution in [1.82, 2.24) is 4.98 Å². The van der Waals surface area contributed by atoms with Gasteiger partial charge < -0.3 is 0 Å². The van der Waals surface area contributed by atoms with Crippen molar-refractivity contribution < 1.29 is 0 Å². The normalized spacial score (nSPS) is 10.7. The van der Waals surface area contributed by atoms with Crippen molar-refractivity contribution in [3.8, 4) is 0 Å². The monoisotopic (exact) mass is 319 g/mol. The van der Waals surface area contributed by atoms with E-state index in [0.29, 0.717) is 5.15 Å². The Hall–Kier alpha value is -0.120. The SMILES string of the molecule is Clc1ccc2c(Br)c(Br)ccc2n1. The molecule has 1 aromatic carbocycles. The molecule has 1 aromatic heterocycles. The minimum atomic E-state index is 0.515. The van der Waals surface area contributed by atoms with E-state index in [4.69, 9.17) is 11.6 Å². The third-order valence-corrected chi connectivity index (χ3v) is 3.98. The predicted octanol–water partition coefficient (Wildman–Crippen LogP) is 4.41.